The van der Waals surface area contributed by atoms with Gasteiger partial charge in [-0.05, 0) is 63.7 Å². The Bertz CT molecular complexity index is 1140. The van der Waals surface area contributed by atoms with E-state index in [1.165, 1.54) is 11.6 Å². The third kappa shape index (κ3) is 3.53. The van der Waals surface area contributed by atoms with Crippen molar-refractivity contribution in [2.24, 2.45) is 0 Å². The van der Waals surface area contributed by atoms with Crippen molar-refractivity contribution in [3.05, 3.63) is 95.8 Å². The molecule has 0 amide bonds. The van der Waals surface area contributed by atoms with Crippen LogP contribution in [0.15, 0.2) is 72.8 Å². The van der Waals surface area contributed by atoms with Gasteiger partial charge in [-0.15, -0.1) is 0 Å². The molecule has 3 heteroatoms. The molecule has 0 nitrogen and oxygen atoms in total. The van der Waals surface area contributed by atoms with Gasteiger partial charge in [-0.3, -0.25) is 0 Å². The Kier molecular flexibility index (Phi) is 4.91. The van der Waals surface area contributed by atoms with E-state index in [2.05, 4.69) is 19.1 Å². The maximum Gasteiger partial charge on any atom is 0.159 e. The molecule has 0 aliphatic rings. The average Bonchev–Trinajstić information content (AvgIpc) is 2.69. The first-order valence-electron chi connectivity index (χ1n) is 9.33. The summed E-state index contributed by atoms with van der Waals surface area (Å²) in [5, 5.41) is 1.11. The minimum Gasteiger partial charge on any atom is -0.206 e. The van der Waals surface area contributed by atoms with Gasteiger partial charge in [0.2, 0.25) is 0 Å². The minimum atomic E-state index is -0.910. The lowest BCUT2D eigenvalue weighted by molar-refractivity contribution is 0.511. The van der Waals surface area contributed by atoms with Crippen LogP contribution in [0.25, 0.3) is 33.0 Å². The number of hydrogen-bond donors (Lipinski definition) is 0. The van der Waals surface area contributed by atoms with Crippen molar-refractivity contribution < 1.29 is 13.2 Å². The van der Waals surface area contributed by atoms with E-state index in [1.54, 1.807) is 24.3 Å². The smallest absolute Gasteiger partial charge is 0.159 e. The highest BCUT2D eigenvalue weighted by Gasteiger charge is 2.10. The summed E-state index contributed by atoms with van der Waals surface area (Å²) in [6.07, 6.45) is 2.12. The van der Waals surface area contributed by atoms with E-state index < -0.39 is 11.6 Å². The normalized spacial score (nSPS) is 11.1. The fourth-order valence-electron chi connectivity index (χ4n) is 3.49. The maximum atomic E-state index is 14.8. The molecule has 0 aromatic heterocycles. The number of fused-ring (bicyclic) bond motifs is 1. The molecule has 0 atom stereocenters. The number of rotatable bonds is 4. The quantitative estimate of drug-likeness (QED) is 0.345. The molecular formula is C25H19F3. The standard InChI is InChI=1S/C25H19F3/c1-2-3-16-4-6-17(7-5-16)18-10-11-22(23(26)13-18)20-9-8-19-14-24(27)25(28)15-21(19)12-20/h4-15H,2-3H2,1H3. The predicted octanol–water partition coefficient (Wildman–Crippen LogP) is 7.54. The lowest BCUT2D eigenvalue weighted by Crippen LogP contribution is -1.89. The molecule has 0 aliphatic carbocycles. The topological polar surface area (TPSA) is 0 Å². The Morgan fingerprint density at radius 1 is 0.571 bits per heavy atom. The molecular weight excluding hydrogens is 357 g/mol. The molecule has 4 aromatic rings. The van der Waals surface area contributed by atoms with Gasteiger partial charge >= 0.3 is 0 Å². The number of hydrogen-bond acceptors (Lipinski definition) is 0. The summed E-state index contributed by atoms with van der Waals surface area (Å²) in [6.45, 7) is 2.14. The van der Waals surface area contributed by atoms with Gasteiger partial charge in [0.15, 0.2) is 11.6 Å². The van der Waals surface area contributed by atoms with Crippen LogP contribution < -0.4 is 0 Å². The van der Waals surface area contributed by atoms with Gasteiger partial charge in [0.1, 0.15) is 5.82 Å². The van der Waals surface area contributed by atoms with Crippen LogP contribution in [0.2, 0.25) is 0 Å². The fourth-order valence-corrected chi connectivity index (χ4v) is 3.49. The molecule has 0 saturated carbocycles. The Morgan fingerprint density at radius 3 is 1.89 bits per heavy atom. The van der Waals surface area contributed by atoms with Crippen LogP contribution in [0.3, 0.4) is 0 Å². The predicted molar refractivity (Wildman–Crippen MR) is 109 cm³/mol. The summed E-state index contributed by atoms with van der Waals surface area (Å²) in [5.74, 6) is -2.15. The molecule has 0 aliphatic heterocycles. The lowest BCUT2D eigenvalue weighted by atomic mass is 9.97. The van der Waals surface area contributed by atoms with Crippen LogP contribution in [0, 0.1) is 17.5 Å². The van der Waals surface area contributed by atoms with Crippen LogP contribution in [0.5, 0.6) is 0 Å². The number of aryl methyl sites for hydroxylation is 1. The van der Waals surface area contributed by atoms with Crippen LogP contribution >= 0.6 is 0 Å². The van der Waals surface area contributed by atoms with Crippen molar-refractivity contribution >= 4 is 10.8 Å². The van der Waals surface area contributed by atoms with Gasteiger partial charge in [-0.2, -0.15) is 0 Å². The Labute approximate surface area is 162 Å². The van der Waals surface area contributed by atoms with E-state index in [0.29, 0.717) is 21.9 Å². The summed E-state index contributed by atoms with van der Waals surface area (Å²) in [7, 11) is 0. The second-order valence-electron chi connectivity index (χ2n) is 6.97. The zero-order chi connectivity index (χ0) is 19.7. The van der Waals surface area contributed by atoms with E-state index in [0.717, 1.165) is 36.1 Å². The molecule has 0 fully saturated rings. The van der Waals surface area contributed by atoms with Crippen molar-refractivity contribution in [2.45, 2.75) is 19.8 Å². The van der Waals surface area contributed by atoms with Gasteiger partial charge in [0, 0.05) is 5.56 Å². The minimum absolute atomic E-state index is 0.350. The van der Waals surface area contributed by atoms with E-state index >= 15 is 0 Å². The molecule has 0 spiro atoms. The molecule has 4 aromatic carbocycles. The van der Waals surface area contributed by atoms with Crippen LogP contribution in [0.1, 0.15) is 18.9 Å². The lowest BCUT2D eigenvalue weighted by Gasteiger charge is -2.09. The van der Waals surface area contributed by atoms with E-state index in [-0.39, 0.29) is 5.82 Å². The largest absolute Gasteiger partial charge is 0.206 e. The Hall–Kier alpha value is -3.07. The van der Waals surface area contributed by atoms with Crippen LogP contribution in [-0.2, 0) is 6.42 Å². The van der Waals surface area contributed by atoms with Crippen molar-refractivity contribution in [1.82, 2.24) is 0 Å². The van der Waals surface area contributed by atoms with Crippen molar-refractivity contribution in [3.8, 4) is 22.3 Å². The maximum absolute atomic E-state index is 14.8. The van der Waals surface area contributed by atoms with Gasteiger partial charge in [-0.1, -0.05) is 61.9 Å². The van der Waals surface area contributed by atoms with E-state index in [4.69, 9.17) is 0 Å². The summed E-state index contributed by atoms with van der Waals surface area (Å²) >= 11 is 0. The van der Waals surface area contributed by atoms with Gasteiger partial charge in [0.05, 0.1) is 0 Å². The van der Waals surface area contributed by atoms with Gasteiger partial charge in [0.25, 0.3) is 0 Å². The first-order chi connectivity index (χ1) is 13.5. The second-order valence-corrected chi connectivity index (χ2v) is 6.97. The highest BCUT2D eigenvalue weighted by molar-refractivity contribution is 5.88. The van der Waals surface area contributed by atoms with E-state index in [1.807, 2.05) is 18.2 Å². The Morgan fingerprint density at radius 2 is 1.21 bits per heavy atom. The van der Waals surface area contributed by atoms with Crippen molar-refractivity contribution in [3.63, 3.8) is 0 Å². The van der Waals surface area contributed by atoms with Crippen LogP contribution in [0.4, 0.5) is 13.2 Å². The highest BCUT2D eigenvalue weighted by Crippen LogP contribution is 2.31. The van der Waals surface area contributed by atoms with Crippen molar-refractivity contribution in [2.75, 3.05) is 0 Å². The monoisotopic (exact) mass is 376 g/mol. The molecule has 0 unspecified atom stereocenters. The van der Waals surface area contributed by atoms with E-state index in [9.17, 15) is 13.2 Å². The molecule has 0 saturated heterocycles. The van der Waals surface area contributed by atoms with Gasteiger partial charge < -0.3 is 0 Å². The second kappa shape index (κ2) is 7.51. The number of halogens is 3. The average molecular weight is 376 g/mol. The molecule has 0 radical (unpaired) electrons. The summed E-state index contributed by atoms with van der Waals surface area (Å²) in [6, 6.07) is 20.6. The molecule has 28 heavy (non-hydrogen) atoms. The zero-order valence-corrected chi connectivity index (χ0v) is 15.5. The number of benzene rings is 4. The first kappa shape index (κ1) is 18.3. The summed E-state index contributed by atoms with van der Waals surface area (Å²) < 4.78 is 41.7. The fraction of sp³-hybridized carbons (Fsp3) is 0.120. The highest BCUT2D eigenvalue weighted by atomic mass is 19.2. The molecule has 0 N–H and O–H groups in total. The zero-order valence-electron chi connectivity index (χ0n) is 15.5. The third-order valence-corrected chi connectivity index (χ3v) is 4.99. The van der Waals surface area contributed by atoms with Gasteiger partial charge in [-0.25, -0.2) is 13.2 Å². The molecule has 0 bridgehead atoms. The third-order valence-electron chi connectivity index (χ3n) is 4.99. The van der Waals surface area contributed by atoms with Crippen LogP contribution in [-0.4, -0.2) is 0 Å². The first-order valence-corrected chi connectivity index (χ1v) is 9.33. The molecule has 4 rings (SSSR count). The molecule has 0 heterocycles. The SMILES string of the molecule is CCCc1ccc(-c2ccc(-c3ccc4cc(F)c(F)cc4c3)c(F)c2)cc1. The summed E-state index contributed by atoms with van der Waals surface area (Å²) in [5.41, 5.74) is 4.08. The molecule has 140 valence electrons. The summed E-state index contributed by atoms with van der Waals surface area (Å²) in [4.78, 5) is 0. The Balaban J connectivity index is 1.69. The van der Waals surface area contributed by atoms with Crippen molar-refractivity contribution in [1.29, 1.82) is 0 Å².